The molecule has 1 aromatic heterocycles. The quantitative estimate of drug-likeness (QED) is 0.594. The van der Waals surface area contributed by atoms with Crippen molar-refractivity contribution in [2.75, 3.05) is 11.9 Å². The number of rotatable bonds is 5. The molecule has 1 heterocycles. The molecule has 138 valence electrons. The first-order chi connectivity index (χ1) is 12.6. The molecule has 1 aliphatic rings. The smallest absolute Gasteiger partial charge is 0.338 e. The largest absolute Gasteiger partial charge is 0.467 e. The van der Waals surface area contributed by atoms with Crippen molar-refractivity contribution < 1.29 is 13.9 Å². The minimum Gasteiger partial charge on any atom is -0.467 e. The summed E-state index contributed by atoms with van der Waals surface area (Å²) in [6.07, 6.45) is 5.91. The molecule has 2 N–H and O–H groups in total. The highest BCUT2D eigenvalue weighted by molar-refractivity contribution is 7.80. The maximum absolute atomic E-state index is 12.1. The molecule has 2 aromatic rings. The number of hydrogen-bond acceptors (Lipinski definition) is 4. The van der Waals surface area contributed by atoms with Gasteiger partial charge in [-0.05, 0) is 68.7 Å². The summed E-state index contributed by atoms with van der Waals surface area (Å²) in [6.45, 7) is 4.03. The molecule has 0 unspecified atom stereocenters. The van der Waals surface area contributed by atoms with Gasteiger partial charge >= 0.3 is 5.97 Å². The number of hydrogen-bond donors (Lipinski definition) is 2. The number of ether oxygens (including phenoxy) is 1. The molecule has 5 nitrogen and oxygen atoms in total. The average molecular weight is 372 g/mol. The molecule has 1 aliphatic carbocycles. The summed E-state index contributed by atoms with van der Waals surface area (Å²) in [5.74, 6) is 0.589. The predicted octanol–water partition coefficient (Wildman–Crippen LogP) is 4.52. The number of anilines is 1. The molecule has 3 rings (SSSR count). The van der Waals surface area contributed by atoms with E-state index in [1.165, 1.54) is 0 Å². The molecular weight excluding hydrogens is 348 g/mol. The van der Waals surface area contributed by atoms with Crippen molar-refractivity contribution in [1.29, 1.82) is 0 Å². The molecule has 0 spiro atoms. The lowest BCUT2D eigenvalue weighted by molar-refractivity contribution is 0.0525. The fourth-order valence-electron chi connectivity index (χ4n) is 3.53. The first-order valence-corrected chi connectivity index (χ1v) is 9.36. The van der Waals surface area contributed by atoms with Gasteiger partial charge in [-0.2, -0.15) is 0 Å². The van der Waals surface area contributed by atoms with E-state index in [1.807, 2.05) is 31.2 Å². The van der Waals surface area contributed by atoms with Gasteiger partial charge < -0.3 is 19.8 Å². The molecule has 0 amide bonds. The van der Waals surface area contributed by atoms with Gasteiger partial charge in [-0.1, -0.05) is 18.9 Å². The first kappa shape index (κ1) is 18.5. The lowest BCUT2D eigenvalue weighted by Gasteiger charge is -2.30. The third-order valence-electron chi connectivity index (χ3n) is 4.88. The summed E-state index contributed by atoms with van der Waals surface area (Å²) in [6, 6.07) is 9.38. The van der Waals surface area contributed by atoms with E-state index in [-0.39, 0.29) is 11.5 Å². The minimum atomic E-state index is -0.324. The van der Waals surface area contributed by atoms with Crippen molar-refractivity contribution >= 4 is 29.0 Å². The Morgan fingerprint density at radius 1 is 1.27 bits per heavy atom. The third kappa shape index (κ3) is 3.75. The van der Waals surface area contributed by atoms with E-state index in [0.717, 1.165) is 42.7 Å². The highest BCUT2D eigenvalue weighted by Crippen LogP contribution is 2.39. The molecule has 1 saturated carbocycles. The Bertz CT molecular complexity index is 780. The fraction of sp³-hybridized carbons (Fsp3) is 0.400. The fourth-order valence-corrected chi connectivity index (χ4v) is 3.84. The Morgan fingerprint density at radius 2 is 2.04 bits per heavy atom. The first-order valence-electron chi connectivity index (χ1n) is 8.95. The second-order valence-corrected chi connectivity index (χ2v) is 6.95. The third-order valence-corrected chi connectivity index (χ3v) is 5.08. The van der Waals surface area contributed by atoms with E-state index < -0.39 is 0 Å². The maximum Gasteiger partial charge on any atom is 0.338 e. The number of carbonyl (C=O) groups is 1. The standard InChI is InChI=1S/C20H24N2O3S/c1-3-24-18(23)15-8-6-9-16(14(15)2)21-19(26)22-20(11-4-5-12-20)17-10-7-13-25-17/h6-10,13H,3-5,11-12H2,1-2H3,(H2,21,22,26). The molecule has 6 heteroatoms. The molecule has 0 aliphatic heterocycles. The predicted molar refractivity (Wildman–Crippen MR) is 105 cm³/mol. The Hall–Kier alpha value is -2.34. The van der Waals surface area contributed by atoms with E-state index in [0.29, 0.717) is 17.3 Å². The maximum atomic E-state index is 12.1. The summed E-state index contributed by atoms with van der Waals surface area (Å²) in [7, 11) is 0. The van der Waals surface area contributed by atoms with Crippen LogP contribution in [0.15, 0.2) is 41.0 Å². The van der Waals surface area contributed by atoms with Crippen LogP contribution in [0.5, 0.6) is 0 Å². The van der Waals surface area contributed by atoms with E-state index in [4.69, 9.17) is 21.4 Å². The van der Waals surface area contributed by atoms with Crippen LogP contribution in [0.3, 0.4) is 0 Å². The highest BCUT2D eigenvalue weighted by Gasteiger charge is 2.38. The van der Waals surface area contributed by atoms with Crippen LogP contribution in [-0.2, 0) is 10.3 Å². The van der Waals surface area contributed by atoms with Crippen molar-refractivity contribution in [1.82, 2.24) is 5.32 Å². The Balaban J connectivity index is 1.76. The van der Waals surface area contributed by atoms with Crippen LogP contribution in [0.2, 0.25) is 0 Å². The second-order valence-electron chi connectivity index (χ2n) is 6.54. The highest BCUT2D eigenvalue weighted by atomic mass is 32.1. The van der Waals surface area contributed by atoms with Crippen LogP contribution in [-0.4, -0.2) is 17.7 Å². The second kappa shape index (κ2) is 7.91. The SMILES string of the molecule is CCOC(=O)c1cccc(NC(=S)NC2(c3ccco3)CCCC2)c1C. The van der Waals surface area contributed by atoms with Gasteiger partial charge in [0.2, 0.25) is 0 Å². The van der Waals surface area contributed by atoms with Crippen molar-refractivity contribution in [3.63, 3.8) is 0 Å². The molecular formula is C20H24N2O3S. The molecule has 26 heavy (non-hydrogen) atoms. The molecule has 1 fully saturated rings. The van der Waals surface area contributed by atoms with Gasteiger partial charge in [0.25, 0.3) is 0 Å². The molecule has 0 bridgehead atoms. The minimum absolute atomic E-state index is 0.264. The lowest BCUT2D eigenvalue weighted by atomic mass is 9.94. The Labute approximate surface area is 159 Å². The zero-order valence-corrected chi connectivity index (χ0v) is 15.9. The van der Waals surface area contributed by atoms with Crippen molar-refractivity contribution in [3.8, 4) is 0 Å². The topological polar surface area (TPSA) is 63.5 Å². The molecule has 0 radical (unpaired) electrons. The van der Waals surface area contributed by atoms with Crippen LogP contribution >= 0.6 is 12.2 Å². The Morgan fingerprint density at radius 3 is 2.69 bits per heavy atom. The number of thiocarbonyl (C=S) groups is 1. The van der Waals surface area contributed by atoms with Gasteiger partial charge in [0.1, 0.15) is 5.76 Å². The Kier molecular flexibility index (Phi) is 5.61. The normalized spacial score (nSPS) is 15.5. The molecule has 1 aromatic carbocycles. The number of esters is 1. The summed E-state index contributed by atoms with van der Waals surface area (Å²) < 4.78 is 10.8. The van der Waals surface area contributed by atoms with Gasteiger partial charge in [-0.15, -0.1) is 0 Å². The number of carbonyl (C=O) groups excluding carboxylic acids is 1. The van der Waals surface area contributed by atoms with Gasteiger partial charge in [0, 0.05) is 5.69 Å². The number of benzene rings is 1. The average Bonchev–Trinajstić information content (AvgIpc) is 3.29. The number of nitrogens with one attached hydrogen (secondary N) is 2. The van der Waals surface area contributed by atoms with Gasteiger partial charge in [0.15, 0.2) is 5.11 Å². The van der Waals surface area contributed by atoms with Crippen molar-refractivity contribution in [3.05, 3.63) is 53.5 Å². The van der Waals surface area contributed by atoms with E-state index in [1.54, 1.807) is 19.3 Å². The summed E-state index contributed by atoms with van der Waals surface area (Å²) in [5.41, 5.74) is 1.88. The number of furan rings is 1. The van der Waals surface area contributed by atoms with Crippen molar-refractivity contribution in [2.45, 2.75) is 45.1 Å². The van der Waals surface area contributed by atoms with Crippen LogP contribution in [0.25, 0.3) is 0 Å². The van der Waals surface area contributed by atoms with Crippen LogP contribution in [0, 0.1) is 6.92 Å². The van der Waals surface area contributed by atoms with E-state index in [9.17, 15) is 4.79 Å². The van der Waals surface area contributed by atoms with E-state index >= 15 is 0 Å². The lowest BCUT2D eigenvalue weighted by Crippen LogP contribution is -2.45. The van der Waals surface area contributed by atoms with Gasteiger partial charge in [-0.25, -0.2) is 4.79 Å². The van der Waals surface area contributed by atoms with Crippen LogP contribution in [0.4, 0.5) is 5.69 Å². The summed E-state index contributed by atoms with van der Waals surface area (Å²) in [4.78, 5) is 12.1. The van der Waals surface area contributed by atoms with E-state index in [2.05, 4.69) is 10.6 Å². The van der Waals surface area contributed by atoms with Crippen LogP contribution in [0.1, 0.15) is 54.3 Å². The molecule has 0 atom stereocenters. The molecule has 0 saturated heterocycles. The summed E-state index contributed by atoms with van der Waals surface area (Å²) in [5, 5.41) is 7.21. The summed E-state index contributed by atoms with van der Waals surface area (Å²) >= 11 is 5.56. The van der Waals surface area contributed by atoms with Crippen LogP contribution < -0.4 is 10.6 Å². The zero-order chi connectivity index (χ0) is 18.6. The zero-order valence-electron chi connectivity index (χ0n) is 15.1. The van der Waals surface area contributed by atoms with Gasteiger partial charge in [-0.3, -0.25) is 0 Å². The monoisotopic (exact) mass is 372 g/mol. The van der Waals surface area contributed by atoms with Crippen molar-refractivity contribution in [2.24, 2.45) is 0 Å². The van der Waals surface area contributed by atoms with Gasteiger partial charge in [0.05, 0.1) is 24.0 Å².